The summed E-state index contributed by atoms with van der Waals surface area (Å²) in [6.45, 7) is 9.81. The first-order valence-electron chi connectivity index (χ1n) is 6.76. The average molecular weight is 241 g/mol. The summed E-state index contributed by atoms with van der Waals surface area (Å²) in [5.74, 6) is -0.789. The monoisotopic (exact) mass is 241 g/mol. The van der Waals surface area contributed by atoms with Crippen LogP contribution in [0.2, 0.25) is 0 Å². The van der Waals surface area contributed by atoms with Crippen molar-refractivity contribution in [2.75, 3.05) is 13.1 Å². The van der Waals surface area contributed by atoms with Crippen LogP contribution in [0.25, 0.3) is 0 Å². The molecule has 0 aromatic rings. The van der Waals surface area contributed by atoms with Gasteiger partial charge in [0.05, 0.1) is 5.57 Å². The van der Waals surface area contributed by atoms with Gasteiger partial charge in [-0.2, -0.15) is 0 Å². The Morgan fingerprint density at radius 2 is 1.65 bits per heavy atom. The summed E-state index contributed by atoms with van der Waals surface area (Å²) in [4.78, 5) is 13.2. The molecule has 0 atom stereocenters. The van der Waals surface area contributed by atoms with Crippen LogP contribution < -0.4 is 0 Å². The number of carbonyl (C=O) groups is 1. The van der Waals surface area contributed by atoms with Crippen LogP contribution in [0.5, 0.6) is 0 Å². The molecule has 0 aromatic heterocycles. The lowest BCUT2D eigenvalue weighted by molar-refractivity contribution is -0.132. The standard InChI is InChI=1S/C14H27NO2/c1-5-8-9-10-11-13(12(4)14(16)17)15(6-2)7-3/h5-11H2,1-4H3,(H,16,17)/b13-12+. The van der Waals surface area contributed by atoms with Gasteiger partial charge in [0.2, 0.25) is 0 Å². The second-order valence-corrected chi connectivity index (χ2v) is 4.36. The van der Waals surface area contributed by atoms with E-state index in [9.17, 15) is 4.79 Å². The van der Waals surface area contributed by atoms with Crippen LogP contribution in [0, 0.1) is 0 Å². The summed E-state index contributed by atoms with van der Waals surface area (Å²) in [5.41, 5.74) is 1.52. The summed E-state index contributed by atoms with van der Waals surface area (Å²) in [7, 11) is 0. The molecule has 0 bridgehead atoms. The molecular weight excluding hydrogens is 214 g/mol. The minimum Gasteiger partial charge on any atom is -0.478 e. The van der Waals surface area contributed by atoms with Crippen LogP contribution in [0.3, 0.4) is 0 Å². The van der Waals surface area contributed by atoms with Crippen LogP contribution in [0.15, 0.2) is 11.3 Å². The minimum atomic E-state index is -0.789. The maximum atomic E-state index is 11.1. The predicted octanol–water partition coefficient (Wildman–Crippen LogP) is 3.66. The zero-order valence-electron chi connectivity index (χ0n) is 11.8. The quantitative estimate of drug-likeness (QED) is 0.495. The van der Waals surface area contributed by atoms with Gasteiger partial charge in [0, 0.05) is 18.8 Å². The van der Waals surface area contributed by atoms with Gasteiger partial charge in [0.25, 0.3) is 0 Å². The first-order valence-corrected chi connectivity index (χ1v) is 6.76. The summed E-state index contributed by atoms with van der Waals surface area (Å²) < 4.78 is 0. The number of allylic oxidation sites excluding steroid dienone is 1. The Kier molecular flexibility index (Phi) is 8.55. The molecule has 0 unspecified atom stereocenters. The van der Waals surface area contributed by atoms with E-state index in [-0.39, 0.29) is 0 Å². The highest BCUT2D eigenvalue weighted by Crippen LogP contribution is 2.18. The van der Waals surface area contributed by atoms with Gasteiger partial charge in [-0.1, -0.05) is 26.2 Å². The van der Waals surface area contributed by atoms with Gasteiger partial charge >= 0.3 is 5.97 Å². The number of rotatable bonds is 9. The highest BCUT2D eigenvalue weighted by molar-refractivity contribution is 5.86. The largest absolute Gasteiger partial charge is 0.478 e. The highest BCUT2D eigenvalue weighted by atomic mass is 16.4. The maximum absolute atomic E-state index is 11.1. The van der Waals surface area contributed by atoms with Crippen LogP contribution >= 0.6 is 0 Å². The zero-order valence-corrected chi connectivity index (χ0v) is 11.8. The van der Waals surface area contributed by atoms with Crippen molar-refractivity contribution in [1.29, 1.82) is 0 Å². The molecule has 0 aliphatic carbocycles. The smallest absolute Gasteiger partial charge is 0.333 e. The predicted molar refractivity (Wildman–Crippen MR) is 72.0 cm³/mol. The molecule has 3 nitrogen and oxygen atoms in total. The Balaban J connectivity index is 4.62. The van der Waals surface area contributed by atoms with Crippen LogP contribution in [-0.4, -0.2) is 29.1 Å². The maximum Gasteiger partial charge on any atom is 0.333 e. The Bertz CT molecular complexity index is 255. The second-order valence-electron chi connectivity index (χ2n) is 4.36. The van der Waals surface area contributed by atoms with Gasteiger partial charge in [0.1, 0.15) is 0 Å². The topological polar surface area (TPSA) is 40.5 Å². The van der Waals surface area contributed by atoms with Gasteiger partial charge < -0.3 is 10.0 Å². The van der Waals surface area contributed by atoms with Crippen molar-refractivity contribution in [1.82, 2.24) is 4.90 Å². The van der Waals surface area contributed by atoms with E-state index in [4.69, 9.17) is 5.11 Å². The van der Waals surface area contributed by atoms with E-state index in [0.29, 0.717) is 5.57 Å². The lowest BCUT2D eigenvalue weighted by Gasteiger charge is -2.26. The second kappa shape index (κ2) is 9.08. The minimum absolute atomic E-state index is 0.505. The third-order valence-corrected chi connectivity index (χ3v) is 3.17. The molecule has 0 amide bonds. The SMILES string of the molecule is CCCCCC/C(=C(/C)C(=O)O)N(CC)CC. The molecule has 0 fully saturated rings. The fraction of sp³-hybridized carbons (Fsp3) is 0.786. The number of nitrogens with zero attached hydrogens (tertiary/aromatic N) is 1. The van der Waals surface area contributed by atoms with Crippen molar-refractivity contribution >= 4 is 5.97 Å². The van der Waals surface area contributed by atoms with Crippen molar-refractivity contribution in [2.24, 2.45) is 0 Å². The molecule has 0 aromatic carbocycles. The number of unbranched alkanes of at least 4 members (excludes halogenated alkanes) is 3. The molecule has 0 heterocycles. The van der Waals surface area contributed by atoms with Crippen LogP contribution in [0.1, 0.15) is 59.8 Å². The Hall–Kier alpha value is -0.990. The molecule has 3 heteroatoms. The van der Waals surface area contributed by atoms with E-state index >= 15 is 0 Å². The third-order valence-electron chi connectivity index (χ3n) is 3.17. The van der Waals surface area contributed by atoms with E-state index in [1.54, 1.807) is 6.92 Å². The molecule has 0 aliphatic heterocycles. The lowest BCUT2D eigenvalue weighted by Crippen LogP contribution is -2.25. The van der Waals surface area contributed by atoms with E-state index in [1.165, 1.54) is 19.3 Å². The number of hydrogen-bond donors (Lipinski definition) is 1. The molecule has 17 heavy (non-hydrogen) atoms. The van der Waals surface area contributed by atoms with Crippen LogP contribution in [0.4, 0.5) is 0 Å². The number of carboxylic acids is 1. The summed E-state index contributed by atoms with van der Waals surface area (Å²) in [5, 5.41) is 9.11. The molecular formula is C14H27NO2. The molecule has 0 spiro atoms. The van der Waals surface area contributed by atoms with Crippen molar-refractivity contribution in [3.8, 4) is 0 Å². The van der Waals surface area contributed by atoms with E-state index in [0.717, 1.165) is 31.6 Å². The van der Waals surface area contributed by atoms with E-state index < -0.39 is 5.97 Å². The van der Waals surface area contributed by atoms with Crippen molar-refractivity contribution in [3.05, 3.63) is 11.3 Å². The molecule has 100 valence electrons. The molecule has 0 saturated heterocycles. The zero-order chi connectivity index (χ0) is 13.3. The highest BCUT2D eigenvalue weighted by Gasteiger charge is 2.13. The third kappa shape index (κ3) is 5.76. The van der Waals surface area contributed by atoms with Crippen molar-refractivity contribution in [3.63, 3.8) is 0 Å². The Morgan fingerprint density at radius 1 is 1.06 bits per heavy atom. The molecule has 1 N–H and O–H groups in total. The molecule has 0 radical (unpaired) electrons. The summed E-state index contributed by atoms with van der Waals surface area (Å²) >= 11 is 0. The Labute approximate surface area is 106 Å². The van der Waals surface area contributed by atoms with Gasteiger partial charge in [-0.3, -0.25) is 0 Å². The van der Waals surface area contributed by atoms with Crippen molar-refractivity contribution < 1.29 is 9.90 Å². The molecule has 0 saturated carbocycles. The van der Waals surface area contributed by atoms with Gasteiger partial charge in [-0.15, -0.1) is 0 Å². The number of hydrogen-bond acceptors (Lipinski definition) is 2. The normalized spacial score (nSPS) is 12.2. The fourth-order valence-electron chi connectivity index (χ4n) is 2.03. The number of carboxylic acid groups (broad SMARTS) is 1. The van der Waals surface area contributed by atoms with E-state index in [1.807, 2.05) is 0 Å². The molecule has 0 aliphatic rings. The summed E-state index contributed by atoms with van der Waals surface area (Å²) in [6.07, 6.45) is 5.61. The number of aliphatic carboxylic acids is 1. The van der Waals surface area contributed by atoms with Crippen molar-refractivity contribution in [2.45, 2.75) is 59.8 Å². The van der Waals surface area contributed by atoms with Gasteiger partial charge in [-0.05, 0) is 33.6 Å². The first-order chi connectivity index (χ1) is 8.08. The van der Waals surface area contributed by atoms with Crippen LogP contribution in [-0.2, 0) is 4.79 Å². The fourth-order valence-corrected chi connectivity index (χ4v) is 2.03. The first kappa shape index (κ1) is 16.0. The average Bonchev–Trinajstić information content (AvgIpc) is 2.32. The summed E-state index contributed by atoms with van der Waals surface area (Å²) in [6, 6.07) is 0. The van der Waals surface area contributed by atoms with Gasteiger partial charge in [0.15, 0.2) is 0 Å². The van der Waals surface area contributed by atoms with Gasteiger partial charge in [-0.25, -0.2) is 4.79 Å². The molecule has 0 rings (SSSR count). The lowest BCUT2D eigenvalue weighted by atomic mass is 10.1. The van der Waals surface area contributed by atoms with E-state index in [2.05, 4.69) is 25.7 Å². The Morgan fingerprint density at radius 3 is 2.06 bits per heavy atom.